The predicted octanol–water partition coefficient (Wildman–Crippen LogP) is 5.14. The number of carbonyl (C=O) groups excluding carboxylic acids is 2. The van der Waals surface area contributed by atoms with Gasteiger partial charge in [0.05, 0.1) is 0 Å². The second-order valence-electron chi connectivity index (χ2n) is 10.1. The van der Waals surface area contributed by atoms with Gasteiger partial charge >= 0.3 is 6.09 Å². The molecular formula is C29H32N4O3. The first-order valence-corrected chi connectivity index (χ1v) is 12.4. The Labute approximate surface area is 212 Å². The molecule has 0 radical (unpaired) electrons. The number of ether oxygens (including phenoxy) is 1. The molecule has 0 spiro atoms. The molecule has 2 saturated heterocycles. The molecule has 36 heavy (non-hydrogen) atoms. The zero-order valence-electron chi connectivity index (χ0n) is 21.3. The average molecular weight is 485 g/mol. The topological polar surface area (TPSA) is 66.0 Å². The summed E-state index contributed by atoms with van der Waals surface area (Å²) < 4.78 is 5.72. The zero-order chi connectivity index (χ0) is 25.4. The number of rotatable bonds is 4. The first kappa shape index (κ1) is 23.9. The van der Waals surface area contributed by atoms with E-state index in [-0.39, 0.29) is 18.0 Å². The van der Waals surface area contributed by atoms with Crippen molar-refractivity contribution in [2.45, 2.75) is 39.3 Å². The molecule has 7 nitrogen and oxygen atoms in total. The minimum Gasteiger partial charge on any atom is -0.441 e. The lowest BCUT2D eigenvalue weighted by molar-refractivity contribution is 0.0684. The minimum absolute atomic E-state index is 0.00118. The van der Waals surface area contributed by atoms with Gasteiger partial charge < -0.3 is 14.5 Å². The Hall–Kier alpha value is -3.87. The van der Waals surface area contributed by atoms with Crippen molar-refractivity contribution in [3.05, 3.63) is 89.1 Å². The van der Waals surface area contributed by atoms with Crippen LogP contribution >= 0.6 is 0 Å². The third-order valence-corrected chi connectivity index (χ3v) is 7.03. The maximum Gasteiger partial charge on any atom is 0.415 e. The number of pyridine rings is 1. The fraction of sp³-hybridized carbons (Fsp3) is 0.345. The molecule has 1 unspecified atom stereocenters. The SMILES string of the molecule is Cc1cnc(N2CCN(C(=O)c3ccc(N4C(=O)OC(C)(C)C4c4ccccc4)cc3)CC2)c(C)c1. The number of nitrogens with zero attached hydrogens (tertiary/aromatic N) is 4. The van der Waals surface area contributed by atoms with Gasteiger partial charge in [-0.3, -0.25) is 9.69 Å². The number of hydrogen-bond donors (Lipinski definition) is 0. The van der Waals surface area contributed by atoms with Gasteiger partial charge in [0.2, 0.25) is 0 Å². The van der Waals surface area contributed by atoms with Crippen LogP contribution in [0.25, 0.3) is 0 Å². The summed E-state index contributed by atoms with van der Waals surface area (Å²) in [4.78, 5) is 36.5. The molecule has 2 fully saturated rings. The van der Waals surface area contributed by atoms with Crippen molar-refractivity contribution in [2.24, 2.45) is 0 Å². The van der Waals surface area contributed by atoms with Gasteiger partial charge in [0.15, 0.2) is 0 Å². The molecule has 186 valence electrons. The summed E-state index contributed by atoms with van der Waals surface area (Å²) in [7, 11) is 0. The molecule has 2 amide bonds. The Morgan fingerprint density at radius 3 is 2.28 bits per heavy atom. The highest BCUT2D eigenvalue weighted by molar-refractivity contribution is 5.96. The van der Waals surface area contributed by atoms with E-state index in [1.165, 1.54) is 0 Å². The van der Waals surface area contributed by atoms with Crippen LogP contribution in [-0.4, -0.2) is 53.7 Å². The van der Waals surface area contributed by atoms with Crippen LogP contribution in [0.4, 0.5) is 16.3 Å². The fourth-order valence-electron chi connectivity index (χ4n) is 5.29. The van der Waals surface area contributed by atoms with E-state index < -0.39 is 5.60 Å². The number of piperazine rings is 1. The van der Waals surface area contributed by atoms with Gasteiger partial charge in [-0.05, 0) is 68.7 Å². The third kappa shape index (κ3) is 4.41. The Balaban J connectivity index is 1.29. The molecule has 0 saturated carbocycles. The predicted molar refractivity (Wildman–Crippen MR) is 140 cm³/mol. The standard InChI is InChI=1S/C29H32N4O3/c1-20-18-21(2)26(30-19-20)31-14-16-32(17-15-31)27(34)23-10-12-24(13-11-23)33-25(22-8-6-5-7-9-22)29(3,4)36-28(33)35/h5-13,18-19,25H,14-17H2,1-4H3. The molecule has 0 bridgehead atoms. The van der Waals surface area contributed by atoms with E-state index in [2.05, 4.69) is 22.9 Å². The van der Waals surface area contributed by atoms with Crippen molar-refractivity contribution >= 4 is 23.5 Å². The smallest absolute Gasteiger partial charge is 0.415 e. The molecule has 2 aromatic carbocycles. The van der Waals surface area contributed by atoms with Gasteiger partial charge in [0, 0.05) is 43.6 Å². The third-order valence-electron chi connectivity index (χ3n) is 7.03. The quantitative estimate of drug-likeness (QED) is 0.513. The molecule has 1 atom stereocenters. The van der Waals surface area contributed by atoms with E-state index in [1.807, 2.05) is 74.3 Å². The Kier molecular flexibility index (Phi) is 6.16. The lowest BCUT2D eigenvalue weighted by Crippen LogP contribution is -2.49. The Bertz CT molecular complexity index is 1270. The van der Waals surface area contributed by atoms with Crippen molar-refractivity contribution in [2.75, 3.05) is 36.0 Å². The summed E-state index contributed by atoms with van der Waals surface area (Å²) >= 11 is 0. The molecule has 3 aromatic rings. The number of anilines is 2. The number of amides is 2. The van der Waals surface area contributed by atoms with Crippen LogP contribution in [0.2, 0.25) is 0 Å². The minimum atomic E-state index is -0.683. The summed E-state index contributed by atoms with van der Waals surface area (Å²) in [5, 5.41) is 0. The largest absolute Gasteiger partial charge is 0.441 e. The first-order valence-electron chi connectivity index (χ1n) is 12.4. The van der Waals surface area contributed by atoms with Gasteiger partial charge in [-0.25, -0.2) is 9.78 Å². The van der Waals surface area contributed by atoms with Crippen molar-refractivity contribution in [1.82, 2.24) is 9.88 Å². The number of benzene rings is 2. The number of aromatic nitrogens is 1. The highest BCUT2D eigenvalue weighted by atomic mass is 16.6. The summed E-state index contributed by atoms with van der Waals surface area (Å²) in [6.45, 7) is 10.7. The lowest BCUT2D eigenvalue weighted by atomic mass is 9.91. The molecule has 2 aliphatic rings. The summed E-state index contributed by atoms with van der Waals surface area (Å²) in [6.07, 6.45) is 1.50. The van der Waals surface area contributed by atoms with Gasteiger partial charge in [-0.15, -0.1) is 0 Å². The fourth-order valence-corrected chi connectivity index (χ4v) is 5.29. The molecule has 0 aliphatic carbocycles. The van der Waals surface area contributed by atoms with Crippen LogP contribution in [0, 0.1) is 13.8 Å². The summed E-state index contributed by atoms with van der Waals surface area (Å²) in [5.74, 6) is 0.990. The van der Waals surface area contributed by atoms with E-state index >= 15 is 0 Å². The molecular weight excluding hydrogens is 452 g/mol. The first-order chi connectivity index (χ1) is 17.2. The number of carbonyl (C=O) groups is 2. The van der Waals surface area contributed by atoms with Crippen LogP contribution in [0.3, 0.4) is 0 Å². The van der Waals surface area contributed by atoms with E-state index in [0.29, 0.717) is 24.3 Å². The second-order valence-corrected chi connectivity index (χ2v) is 10.1. The van der Waals surface area contributed by atoms with Crippen molar-refractivity contribution in [3.63, 3.8) is 0 Å². The van der Waals surface area contributed by atoms with Crippen LogP contribution in [-0.2, 0) is 4.74 Å². The molecule has 7 heteroatoms. The van der Waals surface area contributed by atoms with E-state index in [1.54, 1.807) is 17.0 Å². The maximum absolute atomic E-state index is 13.2. The second kappa shape index (κ2) is 9.30. The van der Waals surface area contributed by atoms with Crippen molar-refractivity contribution in [3.8, 4) is 0 Å². The van der Waals surface area contributed by atoms with Crippen molar-refractivity contribution in [1.29, 1.82) is 0 Å². The van der Waals surface area contributed by atoms with Gasteiger partial charge in [-0.1, -0.05) is 36.4 Å². The van der Waals surface area contributed by atoms with Crippen LogP contribution < -0.4 is 9.80 Å². The molecule has 3 heterocycles. The normalized spacial score (nSPS) is 19.4. The number of aryl methyl sites for hydroxylation is 2. The Morgan fingerprint density at radius 1 is 0.972 bits per heavy atom. The maximum atomic E-state index is 13.2. The van der Waals surface area contributed by atoms with Gasteiger partial charge in [0.25, 0.3) is 5.91 Å². The number of hydrogen-bond acceptors (Lipinski definition) is 5. The van der Waals surface area contributed by atoms with E-state index in [0.717, 1.165) is 35.6 Å². The zero-order valence-corrected chi connectivity index (χ0v) is 21.3. The molecule has 0 N–H and O–H groups in total. The van der Waals surface area contributed by atoms with Crippen LogP contribution in [0.1, 0.15) is 46.9 Å². The summed E-state index contributed by atoms with van der Waals surface area (Å²) in [5.41, 5.74) is 3.94. The van der Waals surface area contributed by atoms with Crippen LogP contribution in [0.15, 0.2) is 66.9 Å². The molecule has 1 aromatic heterocycles. The lowest BCUT2D eigenvalue weighted by Gasteiger charge is -2.36. The molecule has 5 rings (SSSR count). The van der Waals surface area contributed by atoms with E-state index in [4.69, 9.17) is 4.74 Å². The van der Waals surface area contributed by atoms with Crippen LogP contribution in [0.5, 0.6) is 0 Å². The average Bonchev–Trinajstić information content (AvgIpc) is 3.12. The monoisotopic (exact) mass is 484 g/mol. The van der Waals surface area contributed by atoms with Gasteiger partial charge in [-0.2, -0.15) is 0 Å². The van der Waals surface area contributed by atoms with Crippen molar-refractivity contribution < 1.29 is 14.3 Å². The number of cyclic esters (lactones) is 1. The highest BCUT2D eigenvalue weighted by Crippen LogP contribution is 2.43. The highest BCUT2D eigenvalue weighted by Gasteiger charge is 2.49. The Morgan fingerprint density at radius 2 is 1.64 bits per heavy atom. The van der Waals surface area contributed by atoms with E-state index in [9.17, 15) is 9.59 Å². The summed E-state index contributed by atoms with van der Waals surface area (Å²) in [6, 6.07) is 19.0. The van der Waals surface area contributed by atoms with Gasteiger partial charge in [0.1, 0.15) is 17.5 Å². The molecule has 2 aliphatic heterocycles.